The van der Waals surface area contributed by atoms with Gasteiger partial charge in [0.1, 0.15) is 5.82 Å². The summed E-state index contributed by atoms with van der Waals surface area (Å²) in [5.41, 5.74) is 1.04. The highest BCUT2D eigenvalue weighted by atomic mass is 19.4. The van der Waals surface area contributed by atoms with Crippen LogP contribution in [0, 0.1) is 18.7 Å². The Bertz CT molecular complexity index is 1090. The number of rotatable bonds is 5. The van der Waals surface area contributed by atoms with E-state index in [1.165, 1.54) is 5.56 Å². The Balaban J connectivity index is 1.41. The summed E-state index contributed by atoms with van der Waals surface area (Å²) in [5, 5.41) is 6.79. The molecular weight excluding hydrogens is 424 g/mol. The molecule has 1 saturated heterocycles. The maximum absolute atomic E-state index is 14.0. The fourth-order valence-corrected chi connectivity index (χ4v) is 4.02. The van der Waals surface area contributed by atoms with Crippen molar-refractivity contribution in [1.82, 2.24) is 19.7 Å². The van der Waals surface area contributed by atoms with E-state index in [0.717, 1.165) is 50.2 Å². The van der Waals surface area contributed by atoms with E-state index in [0.29, 0.717) is 17.9 Å². The first kappa shape index (κ1) is 22.0. The second-order valence-corrected chi connectivity index (χ2v) is 8.12. The lowest BCUT2D eigenvalue weighted by molar-refractivity contribution is -0.137. The number of hydrogen-bond acceptors (Lipinski definition) is 5. The van der Waals surface area contributed by atoms with Crippen LogP contribution in [0.15, 0.2) is 36.5 Å². The van der Waals surface area contributed by atoms with Crippen molar-refractivity contribution in [2.24, 2.45) is 13.0 Å². The summed E-state index contributed by atoms with van der Waals surface area (Å²) >= 11 is 0. The number of aromatic nitrogens is 4. The molecule has 0 spiro atoms. The molecule has 4 rings (SSSR count). The van der Waals surface area contributed by atoms with Crippen LogP contribution in [-0.2, 0) is 19.6 Å². The molecular formula is C22H24F4N6. The van der Waals surface area contributed by atoms with Crippen LogP contribution in [0.4, 0.5) is 35.1 Å². The summed E-state index contributed by atoms with van der Waals surface area (Å²) in [6, 6.07) is 6.36. The van der Waals surface area contributed by atoms with Gasteiger partial charge in [-0.3, -0.25) is 4.98 Å². The minimum atomic E-state index is -4.56. The molecule has 2 aromatic heterocycles. The Labute approximate surface area is 183 Å². The normalized spacial score (nSPS) is 15.2. The van der Waals surface area contributed by atoms with Crippen molar-refractivity contribution in [2.45, 2.75) is 32.4 Å². The van der Waals surface area contributed by atoms with Gasteiger partial charge in [-0.1, -0.05) is 0 Å². The van der Waals surface area contributed by atoms with Gasteiger partial charge in [0.05, 0.1) is 11.3 Å². The fourth-order valence-electron chi connectivity index (χ4n) is 4.02. The Morgan fingerprint density at radius 3 is 2.56 bits per heavy atom. The van der Waals surface area contributed by atoms with Gasteiger partial charge in [-0.15, -0.1) is 5.10 Å². The highest BCUT2D eigenvalue weighted by molar-refractivity contribution is 5.57. The monoisotopic (exact) mass is 448 g/mol. The van der Waals surface area contributed by atoms with Crippen LogP contribution in [-0.4, -0.2) is 32.8 Å². The number of piperidine rings is 1. The number of nitrogens with one attached hydrogen (secondary N) is 1. The third-order valence-electron chi connectivity index (χ3n) is 5.66. The molecule has 1 aliphatic heterocycles. The summed E-state index contributed by atoms with van der Waals surface area (Å²) in [4.78, 5) is 10.7. The first-order valence-corrected chi connectivity index (χ1v) is 10.4. The maximum atomic E-state index is 14.0. The van der Waals surface area contributed by atoms with E-state index in [9.17, 15) is 17.6 Å². The molecule has 32 heavy (non-hydrogen) atoms. The SMILES string of the molecule is Cc1cc(CC2CCN(c3nc(Nc4cc(C(F)(F)F)ccc4F)nn3C)CC2)ccn1. The molecule has 0 radical (unpaired) electrons. The lowest BCUT2D eigenvalue weighted by atomic mass is 9.90. The van der Waals surface area contributed by atoms with Crippen molar-refractivity contribution in [3.8, 4) is 0 Å². The third-order valence-corrected chi connectivity index (χ3v) is 5.66. The van der Waals surface area contributed by atoms with Crippen LogP contribution in [0.2, 0.25) is 0 Å². The van der Waals surface area contributed by atoms with E-state index in [1.807, 2.05) is 19.2 Å². The minimum Gasteiger partial charge on any atom is -0.341 e. The van der Waals surface area contributed by atoms with Crippen molar-refractivity contribution < 1.29 is 17.6 Å². The Hall–Kier alpha value is -3.17. The van der Waals surface area contributed by atoms with Crippen LogP contribution in [0.1, 0.15) is 29.7 Å². The molecule has 10 heteroatoms. The van der Waals surface area contributed by atoms with Gasteiger partial charge < -0.3 is 10.2 Å². The zero-order valence-corrected chi connectivity index (χ0v) is 17.8. The summed E-state index contributed by atoms with van der Waals surface area (Å²) in [7, 11) is 1.71. The molecule has 3 aromatic rings. The van der Waals surface area contributed by atoms with Gasteiger partial charge in [0, 0.05) is 32.0 Å². The minimum absolute atomic E-state index is 0.0510. The van der Waals surface area contributed by atoms with E-state index >= 15 is 0 Å². The molecule has 1 fully saturated rings. The number of alkyl halides is 3. The van der Waals surface area contributed by atoms with Gasteiger partial charge in [0.25, 0.3) is 0 Å². The number of nitrogens with zero attached hydrogens (tertiary/aromatic N) is 5. The van der Waals surface area contributed by atoms with Crippen molar-refractivity contribution in [1.29, 1.82) is 0 Å². The molecule has 0 saturated carbocycles. The molecule has 1 N–H and O–H groups in total. The van der Waals surface area contributed by atoms with Gasteiger partial charge in [0.15, 0.2) is 0 Å². The average molecular weight is 448 g/mol. The first-order chi connectivity index (χ1) is 15.2. The molecule has 0 bridgehead atoms. The fraction of sp³-hybridized carbons (Fsp3) is 0.409. The zero-order valence-electron chi connectivity index (χ0n) is 17.8. The molecule has 6 nitrogen and oxygen atoms in total. The van der Waals surface area contributed by atoms with E-state index in [2.05, 4.69) is 31.3 Å². The number of pyridine rings is 1. The zero-order chi connectivity index (χ0) is 22.9. The largest absolute Gasteiger partial charge is 0.416 e. The van der Waals surface area contributed by atoms with Gasteiger partial charge in [-0.2, -0.15) is 18.2 Å². The topological polar surface area (TPSA) is 58.9 Å². The Morgan fingerprint density at radius 1 is 1.12 bits per heavy atom. The third kappa shape index (κ3) is 5.00. The van der Waals surface area contributed by atoms with Crippen LogP contribution in [0.3, 0.4) is 0 Å². The summed E-state index contributed by atoms with van der Waals surface area (Å²) in [6.45, 7) is 3.56. The smallest absolute Gasteiger partial charge is 0.341 e. The lowest BCUT2D eigenvalue weighted by Crippen LogP contribution is -2.36. The van der Waals surface area contributed by atoms with Gasteiger partial charge in [-0.25, -0.2) is 9.07 Å². The van der Waals surface area contributed by atoms with E-state index < -0.39 is 17.6 Å². The average Bonchev–Trinajstić information content (AvgIpc) is 3.09. The first-order valence-electron chi connectivity index (χ1n) is 10.4. The number of aryl methyl sites for hydroxylation is 2. The molecule has 0 unspecified atom stereocenters. The summed E-state index contributed by atoms with van der Waals surface area (Å²) in [5.74, 6) is 0.394. The molecule has 1 aliphatic rings. The predicted molar refractivity (Wildman–Crippen MR) is 113 cm³/mol. The van der Waals surface area contributed by atoms with Crippen LogP contribution >= 0.6 is 0 Å². The quantitative estimate of drug-likeness (QED) is 0.564. The Morgan fingerprint density at radius 2 is 1.88 bits per heavy atom. The van der Waals surface area contributed by atoms with Crippen molar-refractivity contribution in [3.63, 3.8) is 0 Å². The van der Waals surface area contributed by atoms with Crippen LogP contribution in [0.5, 0.6) is 0 Å². The molecule has 0 atom stereocenters. The van der Waals surface area contributed by atoms with Gasteiger partial charge >= 0.3 is 6.18 Å². The summed E-state index contributed by atoms with van der Waals surface area (Å²) in [6.07, 6.45) is 0.239. The second kappa shape index (κ2) is 8.76. The Kier molecular flexibility index (Phi) is 6.03. The highest BCUT2D eigenvalue weighted by Gasteiger charge is 2.31. The van der Waals surface area contributed by atoms with Crippen molar-refractivity contribution in [2.75, 3.05) is 23.3 Å². The molecule has 3 heterocycles. The number of hydrogen-bond donors (Lipinski definition) is 1. The summed E-state index contributed by atoms with van der Waals surface area (Å²) < 4.78 is 54.4. The predicted octanol–water partition coefficient (Wildman–Crippen LogP) is 4.88. The number of anilines is 3. The van der Waals surface area contributed by atoms with Crippen molar-refractivity contribution >= 4 is 17.6 Å². The van der Waals surface area contributed by atoms with Gasteiger partial charge in [0.2, 0.25) is 11.9 Å². The molecule has 0 aliphatic carbocycles. The van der Waals surface area contributed by atoms with Crippen LogP contribution < -0.4 is 10.2 Å². The van der Waals surface area contributed by atoms with Crippen LogP contribution in [0.25, 0.3) is 0 Å². The lowest BCUT2D eigenvalue weighted by Gasteiger charge is -2.32. The maximum Gasteiger partial charge on any atom is 0.416 e. The second-order valence-electron chi connectivity index (χ2n) is 8.12. The van der Waals surface area contributed by atoms with E-state index in [4.69, 9.17) is 0 Å². The highest BCUT2D eigenvalue weighted by Crippen LogP contribution is 2.33. The molecule has 1 aromatic carbocycles. The van der Waals surface area contributed by atoms with Gasteiger partial charge in [-0.05, 0) is 68.0 Å². The van der Waals surface area contributed by atoms with E-state index in [1.54, 1.807) is 11.7 Å². The molecule has 170 valence electrons. The van der Waals surface area contributed by atoms with Crippen molar-refractivity contribution in [3.05, 3.63) is 59.2 Å². The number of halogens is 4. The number of benzene rings is 1. The molecule has 0 amide bonds. The van der Waals surface area contributed by atoms with E-state index in [-0.39, 0.29) is 11.6 Å². The standard InChI is InChI=1S/C22H24F4N6/c1-14-11-16(5-8-27-14)12-15-6-9-32(10-7-15)21-29-20(30-31(21)2)28-19-13-17(22(24,25)26)3-4-18(19)23/h3-5,8,11,13,15H,6-7,9-10,12H2,1-2H3,(H,28,30).